The zero-order valence-electron chi connectivity index (χ0n) is 10.1. The number of aliphatic carboxylic acids is 1. The van der Waals surface area contributed by atoms with Crippen LogP contribution in [0.4, 0.5) is 0 Å². The number of para-hydroxylation sites is 1. The third-order valence-corrected chi connectivity index (χ3v) is 3.39. The fourth-order valence-electron chi connectivity index (χ4n) is 1.65. The van der Waals surface area contributed by atoms with Gasteiger partial charge in [-0.05, 0) is 25.5 Å². The molecule has 0 atom stereocenters. The van der Waals surface area contributed by atoms with Crippen LogP contribution in [0.3, 0.4) is 0 Å². The minimum atomic E-state index is -0.864. The van der Waals surface area contributed by atoms with E-state index < -0.39 is 5.97 Å². The number of hydrogen-bond acceptors (Lipinski definition) is 4. The molecule has 6 heteroatoms. The number of aromatic nitrogens is 3. The number of aryl methyl sites for hydroxylation is 2. The Hall–Kier alpha value is -1.82. The van der Waals surface area contributed by atoms with E-state index in [0.717, 1.165) is 17.1 Å². The number of carbonyl (C=O) groups is 1. The van der Waals surface area contributed by atoms with Crippen molar-refractivity contribution in [3.05, 3.63) is 35.7 Å². The minimum Gasteiger partial charge on any atom is -0.481 e. The summed E-state index contributed by atoms with van der Waals surface area (Å²) in [7, 11) is 0. The van der Waals surface area contributed by atoms with Crippen LogP contribution in [-0.4, -0.2) is 31.6 Å². The lowest BCUT2D eigenvalue weighted by Crippen LogP contribution is -2.04. The molecule has 1 N–H and O–H groups in total. The summed E-state index contributed by atoms with van der Waals surface area (Å²) < 4.78 is 1.88. The van der Waals surface area contributed by atoms with Gasteiger partial charge >= 0.3 is 5.97 Å². The predicted molar refractivity (Wildman–Crippen MR) is 69.2 cm³/mol. The van der Waals surface area contributed by atoms with Crippen LogP contribution in [0.1, 0.15) is 11.4 Å². The summed E-state index contributed by atoms with van der Waals surface area (Å²) in [6.07, 6.45) is 0. The second-order valence-corrected chi connectivity index (χ2v) is 4.78. The van der Waals surface area contributed by atoms with Crippen molar-refractivity contribution in [3.8, 4) is 5.69 Å². The van der Waals surface area contributed by atoms with Gasteiger partial charge in [-0.1, -0.05) is 30.0 Å². The Morgan fingerprint density at radius 1 is 1.33 bits per heavy atom. The Morgan fingerprint density at radius 2 is 2.06 bits per heavy atom. The molecule has 0 unspecified atom stereocenters. The number of carboxylic acids is 1. The number of rotatable bonds is 4. The molecule has 5 nitrogen and oxygen atoms in total. The molecule has 94 valence electrons. The Bertz CT molecular complexity index is 580. The van der Waals surface area contributed by atoms with Crippen molar-refractivity contribution >= 4 is 17.7 Å². The van der Waals surface area contributed by atoms with E-state index in [0.29, 0.717) is 5.16 Å². The molecule has 0 saturated carbocycles. The molecular weight excluding hydrogens is 250 g/mol. The molecule has 0 aliphatic carbocycles. The molecule has 0 fully saturated rings. The third-order valence-electron chi connectivity index (χ3n) is 2.48. The molecule has 0 saturated heterocycles. The monoisotopic (exact) mass is 263 g/mol. The first kappa shape index (κ1) is 12.6. The standard InChI is InChI=1S/C12H13N3O2S/c1-8-5-3-4-6-10(8)15-9(2)13-14-12(15)18-7-11(16)17/h3-6H,7H2,1-2H3,(H,16,17). The predicted octanol–water partition coefficient (Wildman–Crippen LogP) is 2.06. The number of carboxylic acid groups (broad SMARTS) is 1. The molecule has 0 spiro atoms. The van der Waals surface area contributed by atoms with Crippen molar-refractivity contribution in [2.75, 3.05) is 5.75 Å². The molecule has 18 heavy (non-hydrogen) atoms. The Kier molecular flexibility index (Phi) is 3.66. The average molecular weight is 263 g/mol. The van der Waals surface area contributed by atoms with Crippen LogP contribution in [0.2, 0.25) is 0 Å². The van der Waals surface area contributed by atoms with Gasteiger partial charge in [-0.25, -0.2) is 0 Å². The number of nitrogens with zero attached hydrogens (tertiary/aromatic N) is 3. The Labute approximate surface area is 109 Å². The zero-order chi connectivity index (χ0) is 13.1. The second-order valence-electron chi connectivity index (χ2n) is 3.83. The summed E-state index contributed by atoms with van der Waals surface area (Å²) in [5.74, 6) is -0.140. The largest absolute Gasteiger partial charge is 0.481 e. The molecule has 2 aromatic rings. The first-order chi connectivity index (χ1) is 8.59. The van der Waals surface area contributed by atoms with E-state index in [1.54, 1.807) is 0 Å². The quantitative estimate of drug-likeness (QED) is 0.855. The fraction of sp³-hybridized carbons (Fsp3) is 0.250. The molecule has 1 aromatic heterocycles. The van der Waals surface area contributed by atoms with Crippen molar-refractivity contribution in [1.82, 2.24) is 14.8 Å². The highest BCUT2D eigenvalue weighted by molar-refractivity contribution is 7.99. The Morgan fingerprint density at radius 3 is 2.72 bits per heavy atom. The van der Waals surface area contributed by atoms with Crippen molar-refractivity contribution in [2.45, 2.75) is 19.0 Å². The van der Waals surface area contributed by atoms with E-state index >= 15 is 0 Å². The average Bonchev–Trinajstić information content (AvgIpc) is 2.69. The van der Waals surface area contributed by atoms with Gasteiger partial charge in [0.25, 0.3) is 0 Å². The van der Waals surface area contributed by atoms with Gasteiger partial charge in [-0.15, -0.1) is 10.2 Å². The number of thioether (sulfide) groups is 1. The van der Waals surface area contributed by atoms with Crippen molar-refractivity contribution < 1.29 is 9.90 Å². The minimum absolute atomic E-state index is 0.0238. The summed E-state index contributed by atoms with van der Waals surface area (Å²) in [5, 5.41) is 17.3. The van der Waals surface area contributed by atoms with Crippen molar-refractivity contribution in [3.63, 3.8) is 0 Å². The molecule has 0 aliphatic heterocycles. The van der Waals surface area contributed by atoms with Gasteiger partial charge in [0.1, 0.15) is 5.82 Å². The SMILES string of the molecule is Cc1ccccc1-n1c(C)nnc1SCC(=O)O. The lowest BCUT2D eigenvalue weighted by atomic mass is 10.2. The normalized spacial score (nSPS) is 10.6. The first-order valence-corrected chi connectivity index (χ1v) is 6.41. The summed E-state index contributed by atoms with van der Waals surface area (Å²) in [6.45, 7) is 3.85. The summed E-state index contributed by atoms with van der Waals surface area (Å²) in [6, 6.07) is 7.87. The zero-order valence-corrected chi connectivity index (χ0v) is 10.9. The van der Waals surface area contributed by atoms with Crippen molar-refractivity contribution in [2.24, 2.45) is 0 Å². The van der Waals surface area contributed by atoms with Gasteiger partial charge in [-0.3, -0.25) is 9.36 Å². The number of hydrogen-bond donors (Lipinski definition) is 1. The smallest absolute Gasteiger partial charge is 0.313 e. The van der Waals surface area contributed by atoms with Gasteiger partial charge in [0.05, 0.1) is 11.4 Å². The molecule has 1 aromatic carbocycles. The van der Waals surface area contributed by atoms with Crippen LogP contribution in [0, 0.1) is 13.8 Å². The van der Waals surface area contributed by atoms with Gasteiger partial charge in [0.2, 0.25) is 0 Å². The second kappa shape index (κ2) is 5.22. The topological polar surface area (TPSA) is 68.0 Å². The lowest BCUT2D eigenvalue weighted by molar-refractivity contribution is -0.133. The molecule has 0 bridgehead atoms. The maximum Gasteiger partial charge on any atom is 0.313 e. The molecular formula is C12H13N3O2S. The van der Waals surface area contributed by atoms with Crippen LogP contribution >= 0.6 is 11.8 Å². The number of benzene rings is 1. The highest BCUT2D eigenvalue weighted by atomic mass is 32.2. The van der Waals surface area contributed by atoms with E-state index in [-0.39, 0.29) is 5.75 Å². The summed E-state index contributed by atoms with van der Waals surface area (Å²) in [5.41, 5.74) is 2.07. The summed E-state index contributed by atoms with van der Waals surface area (Å²) >= 11 is 1.17. The van der Waals surface area contributed by atoms with Gasteiger partial charge in [-0.2, -0.15) is 0 Å². The first-order valence-electron chi connectivity index (χ1n) is 5.42. The summed E-state index contributed by atoms with van der Waals surface area (Å²) in [4.78, 5) is 10.6. The highest BCUT2D eigenvalue weighted by Crippen LogP contribution is 2.23. The van der Waals surface area contributed by atoms with E-state index in [4.69, 9.17) is 5.11 Å². The van der Waals surface area contributed by atoms with E-state index in [1.807, 2.05) is 42.7 Å². The van der Waals surface area contributed by atoms with Crippen LogP contribution < -0.4 is 0 Å². The fourth-order valence-corrected chi connectivity index (χ4v) is 2.37. The van der Waals surface area contributed by atoms with Crippen LogP contribution in [0.5, 0.6) is 0 Å². The van der Waals surface area contributed by atoms with Crippen molar-refractivity contribution in [1.29, 1.82) is 0 Å². The van der Waals surface area contributed by atoms with Crippen LogP contribution in [-0.2, 0) is 4.79 Å². The van der Waals surface area contributed by atoms with Crippen LogP contribution in [0.15, 0.2) is 29.4 Å². The highest BCUT2D eigenvalue weighted by Gasteiger charge is 2.13. The van der Waals surface area contributed by atoms with Gasteiger partial charge < -0.3 is 5.11 Å². The molecule has 0 radical (unpaired) electrons. The van der Waals surface area contributed by atoms with Gasteiger partial charge in [0.15, 0.2) is 5.16 Å². The van der Waals surface area contributed by atoms with E-state index in [2.05, 4.69) is 10.2 Å². The molecule has 2 rings (SSSR count). The Balaban J connectivity index is 2.41. The maximum atomic E-state index is 10.6. The molecule has 0 amide bonds. The van der Waals surface area contributed by atoms with Crippen LogP contribution in [0.25, 0.3) is 5.69 Å². The van der Waals surface area contributed by atoms with E-state index in [9.17, 15) is 4.79 Å². The third kappa shape index (κ3) is 2.53. The van der Waals surface area contributed by atoms with Gasteiger partial charge in [0, 0.05) is 0 Å². The van der Waals surface area contributed by atoms with E-state index in [1.165, 1.54) is 11.8 Å². The molecule has 1 heterocycles. The maximum absolute atomic E-state index is 10.6. The molecule has 0 aliphatic rings. The lowest BCUT2D eigenvalue weighted by Gasteiger charge is -2.10.